The van der Waals surface area contributed by atoms with E-state index < -0.39 is 0 Å². The van der Waals surface area contributed by atoms with Crippen LogP contribution in [0.1, 0.15) is 57.1 Å². The number of phenols is 1. The standard InChI is InChI=1S/C20H24O2/c1-18-10-17(22)19(2)8-7-15-14-5-4-13(21)9-12(14)3-6-16(15)20(18,19)11-18/h4-5,9,17,21-22H,3,6-8,10-11H2,1-2H3/t17-,18+,19-,20+/m1/s1. The Hall–Kier alpha value is -1.28. The molecule has 4 aliphatic carbocycles. The Kier molecular flexibility index (Phi) is 2.17. The molecule has 0 radical (unpaired) electrons. The summed E-state index contributed by atoms with van der Waals surface area (Å²) in [4.78, 5) is 0. The first-order valence-electron chi connectivity index (χ1n) is 8.64. The van der Waals surface area contributed by atoms with Gasteiger partial charge in [-0.3, -0.25) is 0 Å². The highest BCUT2D eigenvalue weighted by atomic mass is 16.3. The van der Waals surface area contributed by atoms with Gasteiger partial charge in [-0.25, -0.2) is 0 Å². The minimum absolute atomic E-state index is 0.0784. The molecule has 2 nitrogen and oxygen atoms in total. The zero-order valence-corrected chi connectivity index (χ0v) is 13.4. The Morgan fingerprint density at radius 3 is 2.77 bits per heavy atom. The van der Waals surface area contributed by atoms with Gasteiger partial charge in [0.05, 0.1) is 6.10 Å². The highest BCUT2D eigenvalue weighted by Gasteiger charge is 2.80. The van der Waals surface area contributed by atoms with Crippen LogP contribution >= 0.6 is 0 Å². The van der Waals surface area contributed by atoms with Gasteiger partial charge in [0, 0.05) is 10.8 Å². The van der Waals surface area contributed by atoms with Crippen LogP contribution in [-0.4, -0.2) is 16.3 Å². The predicted octanol–water partition coefficient (Wildman–Crippen LogP) is 4.05. The maximum atomic E-state index is 10.7. The normalized spacial score (nSPS) is 45.0. The molecule has 0 aliphatic heterocycles. The molecule has 0 unspecified atom stereocenters. The van der Waals surface area contributed by atoms with Crippen LogP contribution in [0.3, 0.4) is 0 Å². The van der Waals surface area contributed by atoms with Crippen molar-refractivity contribution in [2.24, 2.45) is 16.2 Å². The van der Waals surface area contributed by atoms with E-state index in [0.717, 1.165) is 32.1 Å². The van der Waals surface area contributed by atoms with Gasteiger partial charge in [0.1, 0.15) is 5.75 Å². The summed E-state index contributed by atoms with van der Waals surface area (Å²) < 4.78 is 0. The van der Waals surface area contributed by atoms with E-state index in [1.807, 2.05) is 12.1 Å². The van der Waals surface area contributed by atoms with Crippen molar-refractivity contribution in [3.05, 3.63) is 34.9 Å². The minimum Gasteiger partial charge on any atom is -0.508 e. The van der Waals surface area contributed by atoms with E-state index in [-0.39, 0.29) is 16.9 Å². The molecular formula is C20H24O2. The first kappa shape index (κ1) is 13.2. The lowest BCUT2D eigenvalue weighted by molar-refractivity contribution is 0.0114. The highest BCUT2D eigenvalue weighted by Crippen LogP contribution is 2.86. The van der Waals surface area contributed by atoms with Gasteiger partial charge in [0.2, 0.25) is 0 Å². The number of fused-ring (bicyclic) bond motifs is 2. The van der Waals surface area contributed by atoms with Crippen molar-refractivity contribution in [2.45, 2.75) is 58.5 Å². The maximum Gasteiger partial charge on any atom is 0.115 e. The third-order valence-corrected chi connectivity index (χ3v) is 7.75. The smallest absolute Gasteiger partial charge is 0.115 e. The van der Waals surface area contributed by atoms with Crippen LogP contribution in [0.15, 0.2) is 23.8 Å². The van der Waals surface area contributed by atoms with Crippen LogP contribution in [0.4, 0.5) is 0 Å². The summed E-state index contributed by atoms with van der Waals surface area (Å²) in [5.74, 6) is 0.383. The van der Waals surface area contributed by atoms with Crippen molar-refractivity contribution < 1.29 is 10.2 Å². The molecule has 0 heterocycles. The Morgan fingerprint density at radius 1 is 1.14 bits per heavy atom. The van der Waals surface area contributed by atoms with E-state index in [0.29, 0.717) is 11.2 Å². The molecule has 2 saturated carbocycles. The molecule has 1 aromatic carbocycles. The van der Waals surface area contributed by atoms with Crippen molar-refractivity contribution in [1.29, 1.82) is 0 Å². The number of benzene rings is 1. The summed E-state index contributed by atoms with van der Waals surface area (Å²) in [7, 11) is 0. The second-order valence-electron chi connectivity index (χ2n) is 8.58. The van der Waals surface area contributed by atoms with Gasteiger partial charge < -0.3 is 10.2 Å². The van der Waals surface area contributed by atoms with Gasteiger partial charge in [-0.15, -0.1) is 0 Å². The zero-order chi connectivity index (χ0) is 15.3. The average molecular weight is 296 g/mol. The molecule has 0 saturated heterocycles. The quantitative estimate of drug-likeness (QED) is 0.758. The average Bonchev–Trinajstić information content (AvgIpc) is 3.03. The van der Waals surface area contributed by atoms with E-state index in [9.17, 15) is 10.2 Å². The Balaban J connectivity index is 1.73. The fourth-order valence-corrected chi connectivity index (χ4v) is 6.61. The van der Waals surface area contributed by atoms with Gasteiger partial charge >= 0.3 is 0 Å². The maximum absolute atomic E-state index is 10.7. The number of phenolic OH excluding ortho intramolecular Hbond substituents is 1. The zero-order valence-electron chi connectivity index (χ0n) is 13.4. The van der Waals surface area contributed by atoms with Gasteiger partial charge in [-0.1, -0.05) is 25.5 Å². The third kappa shape index (κ3) is 1.21. The van der Waals surface area contributed by atoms with Crippen molar-refractivity contribution >= 4 is 5.57 Å². The first-order chi connectivity index (χ1) is 10.4. The van der Waals surface area contributed by atoms with Crippen molar-refractivity contribution in [2.75, 3.05) is 0 Å². The van der Waals surface area contributed by atoms with Crippen LogP contribution < -0.4 is 0 Å². The number of aromatic hydroxyl groups is 1. The monoisotopic (exact) mass is 296 g/mol. The van der Waals surface area contributed by atoms with E-state index in [1.165, 1.54) is 23.1 Å². The van der Waals surface area contributed by atoms with E-state index in [4.69, 9.17) is 0 Å². The van der Waals surface area contributed by atoms with Crippen molar-refractivity contribution in [3.63, 3.8) is 0 Å². The minimum atomic E-state index is -0.137. The fourth-order valence-electron chi connectivity index (χ4n) is 6.61. The Bertz CT molecular complexity index is 733. The molecule has 0 bridgehead atoms. The van der Waals surface area contributed by atoms with Crippen LogP contribution in [0.2, 0.25) is 0 Å². The molecule has 2 heteroatoms. The SMILES string of the molecule is C[C@@]12C[C@@H](O)[C@@]3(C)CCC4=C(CCc5cc(O)ccc54)[C@@]13C2. The van der Waals surface area contributed by atoms with Gasteiger partial charge in [0.25, 0.3) is 0 Å². The van der Waals surface area contributed by atoms with Gasteiger partial charge in [-0.2, -0.15) is 0 Å². The molecule has 1 aromatic rings. The lowest BCUT2D eigenvalue weighted by Crippen LogP contribution is -2.41. The lowest BCUT2D eigenvalue weighted by Gasteiger charge is -2.46. The molecule has 22 heavy (non-hydrogen) atoms. The van der Waals surface area contributed by atoms with Gasteiger partial charge in [-0.05, 0) is 72.8 Å². The molecule has 116 valence electrons. The van der Waals surface area contributed by atoms with E-state index in [2.05, 4.69) is 19.9 Å². The van der Waals surface area contributed by atoms with Gasteiger partial charge in [0.15, 0.2) is 0 Å². The number of allylic oxidation sites excluding steroid dienone is 2. The number of hydrogen-bond acceptors (Lipinski definition) is 2. The van der Waals surface area contributed by atoms with Crippen molar-refractivity contribution in [1.82, 2.24) is 0 Å². The predicted molar refractivity (Wildman–Crippen MR) is 86.5 cm³/mol. The lowest BCUT2D eigenvalue weighted by atomic mass is 9.58. The summed E-state index contributed by atoms with van der Waals surface area (Å²) in [6, 6.07) is 5.89. The number of aliphatic hydroxyl groups is 1. The summed E-state index contributed by atoms with van der Waals surface area (Å²) in [6.45, 7) is 4.73. The largest absolute Gasteiger partial charge is 0.508 e. The van der Waals surface area contributed by atoms with E-state index >= 15 is 0 Å². The molecule has 0 amide bonds. The van der Waals surface area contributed by atoms with Crippen LogP contribution in [0.5, 0.6) is 5.75 Å². The number of aryl methyl sites for hydroxylation is 1. The molecule has 0 aromatic heterocycles. The van der Waals surface area contributed by atoms with Crippen LogP contribution in [0.25, 0.3) is 5.57 Å². The van der Waals surface area contributed by atoms with Crippen LogP contribution in [-0.2, 0) is 6.42 Å². The third-order valence-electron chi connectivity index (χ3n) is 7.75. The Labute approximate surface area is 131 Å². The first-order valence-corrected chi connectivity index (χ1v) is 8.64. The summed E-state index contributed by atoms with van der Waals surface area (Å²) in [5.41, 5.74) is 6.51. The molecular weight excluding hydrogens is 272 g/mol. The molecule has 1 spiro atoms. The highest BCUT2D eigenvalue weighted by molar-refractivity contribution is 5.77. The molecule has 4 aliphatic rings. The molecule has 4 atom stereocenters. The number of aliphatic hydroxyl groups excluding tert-OH is 1. The topological polar surface area (TPSA) is 40.5 Å². The summed E-state index contributed by atoms with van der Waals surface area (Å²) >= 11 is 0. The number of rotatable bonds is 0. The summed E-state index contributed by atoms with van der Waals surface area (Å²) in [6.07, 6.45) is 6.43. The number of hydrogen-bond donors (Lipinski definition) is 2. The van der Waals surface area contributed by atoms with Crippen molar-refractivity contribution in [3.8, 4) is 5.75 Å². The Morgan fingerprint density at radius 2 is 1.95 bits per heavy atom. The molecule has 2 N–H and O–H groups in total. The fraction of sp³-hybridized carbons (Fsp3) is 0.600. The molecule has 2 fully saturated rings. The molecule has 5 rings (SSSR count). The van der Waals surface area contributed by atoms with E-state index in [1.54, 1.807) is 5.57 Å². The van der Waals surface area contributed by atoms with Crippen LogP contribution in [0, 0.1) is 16.2 Å². The summed E-state index contributed by atoms with van der Waals surface area (Å²) in [5, 5.41) is 20.5. The second kappa shape index (κ2) is 3.62. The second-order valence-corrected chi connectivity index (χ2v) is 8.58.